The van der Waals surface area contributed by atoms with Crippen molar-refractivity contribution in [2.75, 3.05) is 13.1 Å². The number of carbonyl (C=O) groups excluding carboxylic acids is 2. The maximum atomic E-state index is 16.2. The van der Waals surface area contributed by atoms with E-state index in [1.165, 1.54) is 260 Å². The minimum Gasteiger partial charge on any atom is -0.306 e. The monoisotopic (exact) mass is 1220 g/mol. The predicted molar refractivity (Wildman–Crippen MR) is 375 cm³/mol. The lowest BCUT2D eigenvalue weighted by Gasteiger charge is -2.29. The molecule has 0 spiro atoms. The van der Waals surface area contributed by atoms with Crippen molar-refractivity contribution in [3.63, 3.8) is 0 Å². The van der Waals surface area contributed by atoms with Gasteiger partial charge in [0.2, 0.25) is 0 Å². The summed E-state index contributed by atoms with van der Waals surface area (Å²) >= 11 is 7.36. The fourth-order valence-electron chi connectivity index (χ4n) is 13.2. The lowest BCUT2D eigenvalue weighted by molar-refractivity contribution is -0.124. The van der Waals surface area contributed by atoms with Crippen LogP contribution >= 0.6 is 45.3 Å². The third-order valence-electron chi connectivity index (χ3n) is 18.5. The molecule has 0 bridgehead atoms. The van der Waals surface area contributed by atoms with Gasteiger partial charge in [-0.15, -0.1) is 45.3 Å². The van der Waals surface area contributed by atoms with E-state index >= 15 is 9.59 Å². The third-order valence-corrected chi connectivity index (χ3v) is 23.8. The number of unbranched alkanes of at least 4 members (excludes halogenated alkanes) is 32. The number of thiophene rings is 4. The average molecular weight is 1220 g/mol. The van der Waals surface area contributed by atoms with Crippen molar-refractivity contribution in [3.8, 4) is 19.5 Å². The van der Waals surface area contributed by atoms with Crippen LogP contribution in [0.3, 0.4) is 0 Å². The Bertz CT molecular complexity index is 2320. The number of hydrogen-bond acceptors (Lipinski definition) is 6. The molecule has 4 aromatic rings. The Morgan fingerprint density at radius 1 is 0.298 bits per heavy atom. The fraction of sp³-hybridized carbons (Fsp3) is 0.711. The van der Waals surface area contributed by atoms with Gasteiger partial charge in [0.15, 0.2) is 0 Å². The van der Waals surface area contributed by atoms with E-state index in [1.807, 2.05) is 22.7 Å². The van der Waals surface area contributed by atoms with Crippen molar-refractivity contribution in [1.29, 1.82) is 0 Å². The average Bonchev–Trinajstić information content (AvgIpc) is 1.59. The van der Waals surface area contributed by atoms with Gasteiger partial charge >= 0.3 is 0 Å². The molecule has 470 valence electrons. The highest BCUT2D eigenvalue weighted by molar-refractivity contribution is 7.23. The van der Waals surface area contributed by atoms with E-state index in [0.29, 0.717) is 47.9 Å². The lowest BCUT2D eigenvalue weighted by Crippen LogP contribution is -2.34. The van der Waals surface area contributed by atoms with E-state index < -0.39 is 0 Å². The first-order valence-corrected chi connectivity index (χ1v) is 38.9. The zero-order valence-electron chi connectivity index (χ0n) is 55.0. The van der Waals surface area contributed by atoms with Crippen LogP contribution in [0, 0.1) is 11.8 Å². The summed E-state index contributed by atoms with van der Waals surface area (Å²) in [4.78, 5) is 46.6. The lowest BCUT2D eigenvalue weighted by atomic mass is 9.93. The molecule has 6 rings (SSSR count). The van der Waals surface area contributed by atoms with Gasteiger partial charge in [-0.3, -0.25) is 9.59 Å². The van der Waals surface area contributed by atoms with Crippen LogP contribution in [0.1, 0.15) is 344 Å². The number of amides is 2. The molecule has 4 nitrogen and oxygen atoms in total. The van der Waals surface area contributed by atoms with Crippen LogP contribution in [0.25, 0.3) is 30.9 Å². The molecule has 2 aliphatic rings. The van der Waals surface area contributed by atoms with Crippen molar-refractivity contribution in [3.05, 3.63) is 79.2 Å². The Morgan fingerprint density at radius 2 is 0.524 bits per heavy atom. The third kappa shape index (κ3) is 23.0. The first kappa shape index (κ1) is 70.3. The van der Waals surface area contributed by atoms with E-state index in [1.54, 1.807) is 22.7 Å². The normalized spacial score (nSPS) is 14.5. The van der Waals surface area contributed by atoms with Crippen LogP contribution in [-0.2, 0) is 9.59 Å². The molecule has 0 saturated heterocycles. The van der Waals surface area contributed by atoms with Crippen molar-refractivity contribution in [2.45, 2.75) is 324 Å². The molecular weight excluding hydrogens is 1100 g/mol. The van der Waals surface area contributed by atoms with Gasteiger partial charge in [-0.25, -0.2) is 0 Å². The second kappa shape index (κ2) is 40.7. The quantitative estimate of drug-likeness (QED) is 0.0414. The smallest absolute Gasteiger partial charge is 0.261 e. The molecule has 0 N–H and O–H groups in total. The molecule has 2 amide bonds. The molecule has 0 saturated carbocycles. The van der Waals surface area contributed by atoms with Crippen molar-refractivity contribution in [2.24, 2.45) is 11.8 Å². The van der Waals surface area contributed by atoms with Crippen LogP contribution in [0.15, 0.2) is 59.7 Å². The van der Waals surface area contributed by atoms with Gasteiger partial charge in [0.05, 0.1) is 32.3 Å². The van der Waals surface area contributed by atoms with E-state index in [4.69, 9.17) is 0 Å². The summed E-state index contributed by atoms with van der Waals surface area (Å²) in [5, 5.41) is 0. The maximum Gasteiger partial charge on any atom is 0.261 e. The zero-order chi connectivity index (χ0) is 59.7. The number of nitrogens with zero attached hydrogens (tertiary/aromatic N) is 2. The second-order valence-electron chi connectivity index (χ2n) is 26.5. The molecular formula is C76H120N2O2S4. The standard InChI is InChI=1S/C76H120N2O2S4/c1-9-13-17-21-25-29-31-35-39-43-47-61(45-41-37-33-27-23-19-15-11-3)57-77-73(69-55-53-67(83-69)65-51-49-63(81-65)59(5)6)71-72(75(77)79)74(70-56-54-68(84-70)66-52-50-64(82-66)60(7)8)78(76(71)80)58-62(46-42-38-34-28-24-20-16-12-4)48-44-40-36-32-30-26-22-18-14-10-2/h49-56,59-62H,9-48,57-58H2,1-8H3. The highest BCUT2D eigenvalue weighted by Gasteiger charge is 2.50. The van der Waals surface area contributed by atoms with Crippen LogP contribution in [0.5, 0.6) is 0 Å². The van der Waals surface area contributed by atoms with Crippen LogP contribution < -0.4 is 0 Å². The molecule has 2 atom stereocenters. The van der Waals surface area contributed by atoms with E-state index in [-0.39, 0.29) is 11.8 Å². The first-order chi connectivity index (χ1) is 41.1. The summed E-state index contributed by atoms with van der Waals surface area (Å²) in [5.74, 6) is 1.83. The fourth-order valence-corrected chi connectivity index (χ4v) is 17.5. The Hall–Kier alpha value is -2.78. The highest BCUT2D eigenvalue weighted by Crippen LogP contribution is 2.52. The topological polar surface area (TPSA) is 40.6 Å². The molecule has 0 fully saturated rings. The van der Waals surface area contributed by atoms with Crippen molar-refractivity contribution in [1.82, 2.24) is 9.80 Å². The van der Waals surface area contributed by atoms with Crippen LogP contribution in [0.4, 0.5) is 0 Å². The van der Waals surface area contributed by atoms with Crippen LogP contribution in [0.2, 0.25) is 0 Å². The van der Waals surface area contributed by atoms with Gasteiger partial charge in [0.1, 0.15) is 0 Å². The van der Waals surface area contributed by atoms with Gasteiger partial charge in [0, 0.05) is 42.4 Å². The summed E-state index contributed by atoms with van der Waals surface area (Å²) in [5.41, 5.74) is 3.15. The van der Waals surface area contributed by atoms with Crippen molar-refractivity contribution >= 4 is 68.6 Å². The molecule has 4 aromatic heterocycles. The number of rotatable bonds is 50. The zero-order valence-corrected chi connectivity index (χ0v) is 58.2. The Labute approximate surface area is 532 Å². The largest absolute Gasteiger partial charge is 0.306 e. The van der Waals surface area contributed by atoms with Gasteiger partial charge in [-0.1, -0.05) is 287 Å². The van der Waals surface area contributed by atoms with E-state index in [2.05, 4.69) is 114 Å². The summed E-state index contributed by atoms with van der Waals surface area (Å²) in [6, 6.07) is 18.2. The summed E-state index contributed by atoms with van der Waals surface area (Å²) in [7, 11) is 0. The summed E-state index contributed by atoms with van der Waals surface area (Å²) in [6.07, 6.45) is 52.1. The molecule has 0 aromatic carbocycles. The van der Waals surface area contributed by atoms with Crippen LogP contribution in [-0.4, -0.2) is 34.7 Å². The van der Waals surface area contributed by atoms with E-state index in [0.717, 1.165) is 46.8 Å². The number of hydrogen-bond donors (Lipinski definition) is 0. The van der Waals surface area contributed by atoms with Gasteiger partial charge < -0.3 is 9.80 Å². The maximum absolute atomic E-state index is 16.2. The van der Waals surface area contributed by atoms with Crippen molar-refractivity contribution < 1.29 is 9.59 Å². The SMILES string of the molecule is CCCCCCCCCCCCC(CCCCCCCCCC)CN1C(=O)C2=C(c3ccc(-c4ccc(C(C)C)s4)s3)N(CC(CCCCCCCCCC)CCCCCCCCCCCC)C(=O)C2=C1c1ccc(-c2ccc(C(C)C)s2)s1. The number of fused-ring (bicyclic) bond motifs is 1. The van der Waals surface area contributed by atoms with E-state index in [9.17, 15) is 0 Å². The molecule has 2 aliphatic heterocycles. The highest BCUT2D eigenvalue weighted by atomic mass is 32.1. The Kier molecular flexibility index (Phi) is 34.1. The summed E-state index contributed by atoms with van der Waals surface area (Å²) < 4.78 is 0. The first-order valence-electron chi connectivity index (χ1n) is 35.6. The minimum absolute atomic E-state index is 0.0606. The predicted octanol–water partition coefficient (Wildman–Crippen LogP) is 26.2. The molecule has 2 unspecified atom stereocenters. The molecule has 84 heavy (non-hydrogen) atoms. The van der Waals surface area contributed by atoms with Gasteiger partial charge in [-0.05, 0) is 97.9 Å². The Morgan fingerprint density at radius 3 is 0.774 bits per heavy atom. The molecule has 6 heterocycles. The molecule has 0 aliphatic carbocycles. The second-order valence-corrected chi connectivity index (χ2v) is 30.9. The molecule has 0 radical (unpaired) electrons. The van der Waals surface area contributed by atoms with Gasteiger partial charge in [0.25, 0.3) is 11.8 Å². The van der Waals surface area contributed by atoms with Gasteiger partial charge in [-0.2, -0.15) is 0 Å². The molecule has 8 heteroatoms. The number of carbonyl (C=O) groups is 2. The Balaban J connectivity index is 1.36. The minimum atomic E-state index is 0.0606. The summed E-state index contributed by atoms with van der Waals surface area (Å²) in [6.45, 7) is 19.7.